The average Bonchev–Trinajstić information content (AvgIpc) is 2.48. The highest BCUT2D eigenvalue weighted by atomic mass is 16.5. The van der Waals surface area contributed by atoms with Crippen LogP contribution in [0.3, 0.4) is 0 Å². The molecule has 2 rings (SSSR count). The number of anilines is 1. The Bertz CT molecular complexity index is 442. The molecule has 1 saturated heterocycles. The second-order valence-electron chi connectivity index (χ2n) is 5.17. The molecule has 5 nitrogen and oxygen atoms in total. The summed E-state index contributed by atoms with van der Waals surface area (Å²) in [5, 5.41) is 2.86. The smallest absolute Gasteiger partial charge is 0.217 e. The Morgan fingerprint density at radius 2 is 2.15 bits per heavy atom. The van der Waals surface area contributed by atoms with Gasteiger partial charge in [0.1, 0.15) is 5.75 Å². The van der Waals surface area contributed by atoms with Crippen LogP contribution in [0, 0.1) is 0 Å². The van der Waals surface area contributed by atoms with Gasteiger partial charge in [-0.15, -0.1) is 0 Å². The SMILES string of the molecule is COc1cccc(N2CC[NH+](CCNC(C)=O)CC2)c1. The number of methoxy groups -OCH3 is 1. The molecule has 5 heteroatoms. The number of hydrogen-bond acceptors (Lipinski definition) is 3. The largest absolute Gasteiger partial charge is 0.497 e. The Morgan fingerprint density at radius 3 is 2.80 bits per heavy atom. The van der Waals surface area contributed by atoms with E-state index in [1.54, 1.807) is 18.9 Å². The lowest BCUT2D eigenvalue weighted by atomic mass is 10.2. The molecule has 0 radical (unpaired) electrons. The fourth-order valence-corrected chi connectivity index (χ4v) is 2.55. The van der Waals surface area contributed by atoms with Crippen LogP contribution in [0.5, 0.6) is 5.75 Å². The normalized spacial score (nSPS) is 16.0. The van der Waals surface area contributed by atoms with Gasteiger partial charge in [-0.3, -0.25) is 4.79 Å². The number of nitrogens with zero attached hydrogens (tertiary/aromatic N) is 1. The number of quaternary nitrogens is 1. The van der Waals surface area contributed by atoms with E-state index in [1.165, 1.54) is 5.69 Å². The standard InChI is InChI=1S/C15H23N3O2/c1-13(19)16-6-7-17-8-10-18(11-9-17)14-4-3-5-15(12-14)20-2/h3-5,12H,6-11H2,1-2H3,(H,16,19)/p+1. The molecule has 0 atom stereocenters. The lowest BCUT2D eigenvalue weighted by Crippen LogP contribution is -3.15. The molecule has 1 fully saturated rings. The summed E-state index contributed by atoms with van der Waals surface area (Å²) in [5.74, 6) is 0.961. The first-order chi connectivity index (χ1) is 9.69. The van der Waals surface area contributed by atoms with Crippen molar-refractivity contribution in [3.05, 3.63) is 24.3 Å². The Balaban J connectivity index is 1.80. The molecule has 0 aliphatic carbocycles. The van der Waals surface area contributed by atoms with E-state index in [1.807, 2.05) is 12.1 Å². The third kappa shape index (κ3) is 4.13. The summed E-state index contributed by atoms with van der Waals surface area (Å²) in [6.07, 6.45) is 0. The fraction of sp³-hybridized carbons (Fsp3) is 0.533. The Labute approximate surface area is 120 Å². The summed E-state index contributed by atoms with van der Waals surface area (Å²) in [6.45, 7) is 7.64. The molecule has 2 N–H and O–H groups in total. The van der Waals surface area contributed by atoms with Crippen LogP contribution in [-0.2, 0) is 4.79 Å². The van der Waals surface area contributed by atoms with Gasteiger partial charge in [-0.1, -0.05) is 6.07 Å². The number of ether oxygens (including phenoxy) is 1. The topological polar surface area (TPSA) is 46.0 Å². The minimum Gasteiger partial charge on any atom is -0.497 e. The first-order valence-electron chi connectivity index (χ1n) is 7.16. The molecule has 1 heterocycles. The highest BCUT2D eigenvalue weighted by molar-refractivity contribution is 5.72. The van der Waals surface area contributed by atoms with E-state index in [0.29, 0.717) is 0 Å². The van der Waals surface area contributed by atoms with E-state index in [4.69, 9.17) is 4.74 Å². The van der Waals surface area contributed by atoms with Crippen LogP contribution in [0.15, 0.2) is 24.3 Å². The summed E-state index contributed by atoms with van der Waals surface area (Å²) in [7, 11) is 1.70. The summed E-state index contributed by atoms with van der Waals surface area (Å²) >= 11 is 0. The van der Waals surface area contributed by atoms with Gasteiger partial charge < -0.3 is 19.9 Å². The van der Waals surface area contributed by atoms with Crippen molar-refractivity contribution >= 4 is 11.6 Å². The molecule has 1 aliphatic heterocycles. The molecule has 0 spiro atoms. The first-order valence-corrected chi connectivity index (χ1v) is 7.16. The van der Waals surface area contributed by atoms with Crippen molar-refractivity contribution in [1.29, 1.82) is 0 Å². The maximum atomic E-state index is 10.8. The van der Waals surface area contributed by atoms with Gasteiger partial charge in [-0.05, 0) is 12.1 Å². The van der Waals surface area contributed by atoms with Crippen molar-refractivity contribution in [2.45, 2.75) is 6.92 Å². The van der Waals surface area contributed by atoms with Crippen molar-refractivity contribution in [3.8, 4) is 5.75 Å². The maximum absolute atomic E-state index is 10.8. The van der Waals surface area contributed by atoms with Crippen LogP contribution in [0.25, 0.3) is 0 Å². The van der Waals surface area contributed by atoms with Crippen LogP contribution in [0.4, 0.5) is 5.69 Å². The average molecular weight is 278 g/mol. The number of hydrogen-bond donors (Lipinski definition) is 2. The van der Waals surface area contributed by atoms with Gasteiger partial charge >= 0.3 is 0 Å². The number of rotatable bonds is 5. The number of carbonyl (C=O) groups is 1. The molecule has 1 aromatic rings. The van der Waals surface area contributed by atoms with Crippen LogP contribution >= 0.6 is 0 Å². The maximum Gasteiger partial charge on any atom is 0.217 e. The summed E-state index contributed by atoms with van der Waals surface area (Å²) in [5.41, 5.74) is 1.23. The molecule has 1 aliphatic rings. The van der Waals surface area contributed by atoms with Crippen molar-refractivity contribution in [2.75, 3.05) is 51.3 Å². The zero-order valence-corrected chi connectivity index (χ0v) is 12.3. The van der Waals surface area contributed by atoms with E-state index in [0.717, 1.165) is 45.0 Å². The minimum atomic E-state index is 0.0550. The molecule has 0 saturated carbocycles. The molecule has 0 unspecified atom stereocenters. The van der Waals surface area contributed by atoms with E-state index in [-0.39, 0.29) is 5.91 Å². The quantitative estimate of drug-likeness (QED) is 0.766. The van der Waals surface area contributed by atoms with Gasteiger partial charge in [0.15, 0.2) is 0 Å². The highest BCUT2D eigenvalue weighted by Crippen LogP contribution is 2.20. The minimum absolute atomic E-state index is 0.0550. The predicted octanol–water partition coefficient (Wildman–Crippen LogP) is -0.464. The Morgan fingerprint density at radius 1 is 1.40 bits per heavy atom. The second kappa shape index (κ2) is 7.14. The Kier molecular flexibility index (Phi) is 5.24. The molecule has 1 amide bonds. The van der Waals surface area contributed by atoms with Crippen LogP contribution in [0.2, 0.25) is 0 Å². The van der Waals surface area contributed by atoms with Crippen molar-refractivity contribution in [1.82, 2.24) is 5.32 Å². The van der Waals surface area contributed by atoms with E-state index in [9.17, 15) is 4.79 Å². The van der Waals surface area contributed by atoms with Gasteiger partial charge in [0.25, 0.3) is 0 Å². The molecular formula is C15H24N3O2+. The fourth-order valence-electron chi connectivity index (χ4n) is 2.55. The highest BCUT2D eigenvalue weighted by Gasteiger charge is 2.19. The summed E-state index contributed by atoms with van der Waals surface area (Å²) < 4.78 is 5.27. The van der Waals surface area contributed by atoms with Crippen molar-refractivity contribution in [3.63, 3.8) is 0 Å². The Hall–Kier alpha value is -1.75. The summed E-state index contributed by atoms with van der Waals surface area (Å²) in [6, 6.07) is 8.22. The monoisotopic (exact) mass is 278 g/mol. The molecule has 20 heavy (non-hydrogen) atoms. The molecule has 0 aromatic heterocycles. The lowest BCUT2D eigenvalue weighted by Gasteiger charge is -2.33. The number of carbonyl (C=O) groups excluding carboxylic acids is 1. The predicted molar refractivity (Wildman–Crippen MR) is 79.5 cm³/mol. The first kappa shape index (κ1) is 14.7. The number of amides is 1. The number of nitrogens with one attached hydrogen (secondary N) is 2. The number of benzene rings is 1. The second-order valence-corrected chi connectivity index (χ2v) is 5.17. The molecular weight excluding hydrogens is 254 g/mol. The molecule has 0 bridgehead atoms. The summed E-state index contributed by atoms with van der Waals surface area (Å²) in [4.78, 5) is 14.8. The van der Waals surface area contributed by atoms with Gasteiger partial charge in [0, 0.05) is 18.7 Å². The third-order valence-electron chi connectivity index (χ3n) is 3.74. The zero-order chi connectivity index (χ0) is 14.4. The number of piperazine rings is 1. The van der Waals surface area contributed by atoms with Gasteiger partial charge in [-0.25, -0.2) is 0 Å². The van der Waals surface area contributed by atoms with Crippen molar-refractivity contribution < 1.29 is 14.4 Å². The van der Waals surface area contributed by atoms with Gasteiger partial charge in [0.2, 0.25) is 5.91 Å². The van der Waals surface area contributed by atoms with E-state index >= 15 is 0 Å². The van der Waals surface area contributed by atoms with Crippen LogP contribution < -0.4 is 19.9 Å². The molecule has 1 aromatic carbocycles. The molecule has 110 valence electrons. The van der Waals surface area contributed by atoms with Crippen LogP contribution in [-0.4, -0.2) is 52.3 Å². The van der Waals surface area contributed by atoms with E-state index in [2.05, 4.69) is 22.3 Å². The third-order valence-corrected chi connectivity index (χ3v) is 3.74. The lowest BCUT2D eigenvalue weighted by molar-refractivity contribution is -0.899. The van der Waals surface area contributed by atoms with E-state index < -0.39 is 0 Å². The zero-order valence-electron chi connectivity index (χ0n) is 12.3. The van der Waals surface area contributed by atoms with Crippen molar-refractivity contribution in [2.24, 2.45) is 0 Å². The van der Waals surface area contributed by atoms with Crippen LogP contribution in [0.1, 0.15) is 6.92 Å². The van der Waals surface area contributed by atoms with Gasteiger partial charge in [0.05, 0.1) is 46.4 Å². The van der Waals surface area contributed by atoms with Gasteiger partial charge in [-0.2, -0.15) is 0 Å².